The van der Waals surface area contributed by atoms with E-state index in [1.165, 1.54) is 28.6 Å². The topological polar surface area (TPSA) is 79.2 Å². The van der Waals surface area contributed by atoms with Gasteiger partial charge >= 0.3 is 6.18 Å². The Morgan fingerprint density at radius 3 is 2.39 bits per heavy atom. The molecule has 4 aromatic rings. The van der Waals surface area contributed by atoms with E-state index < -0.39 is 27.7 Å². The maximum absolute atomic E-state index is 13.7. The van der Waals surface area contributed by atoms with E-state index in [2.05, 4.69) is 9.97 Å². The third kappa shape index (κ3) is 5.16. The van der Waals surface area contributed by atoms with Crippen molar-refractivity contribution in [3.05, 3.63) is 59.7 Å². The van der Waals surface area contributed by atoms with Crippen LogP contribution in [0.15, 0.2) is 47.0 Å². The van der Waals surface area contributed by atoms with Crippen molar-refractivity contribution in [1.82, 2.24) is 9.97 Å². The molecule has 0 saturated heterocycles. The lowest BCUT2D eigenvalue weighted by Crippen LogP contribution is -2.32. The van der Waals surface area contributed by atoms with Crippen LogP contribution in [0.4, 0.5) is 23.2 Å². The van der Waals surface area contributed by atoms with Gasteiger partial charge in [0.05, 0.1) is 23.7 Å². The molecule has 1 fully saturated rings. The molecular formula is C27H27F4N3O3S. The summed E-state index contributed by atoms with van der Waals surface area (Å²) in [7, 11) is -3.63. The van der Waals surface area contributed by atoms with E-state index in [0.29, 0.717) is 34.2 Å². The van der Waals surface area contributed by atoms with Gasteiger partial charge in [-0.25, -0.2) is 17.8 Å². The summed E-state index contributed by atoms with van der Waals surface area (Å²) in [5, 5.41) is 0.496. The van der Waals surface area contributed by atoms with Crippen molar-refractivity contribution < 1.29 is 30.4 Å². The number of anilines is 1. The van der Waals surface area contributed by atoms with Crippen LogP contribution in [0.3, 0.4) is 0 Å². The van der Waals surface area contributed by atoms with Gasteiger partial charge in [-0.15, -0.1) is 0 Å². The van der Waals surface area contributed by atoms with Gasteiger partial charge in [0.2, 0.25) is 10.0 Å². The third-order valence-corrected chi connectivity index (χ3v) is 7.84. The number of furan rings is 1. The van der Waals surface area contributed by atoms with Gasteiger partial charge in [0.1, 0.15) is 28.7 Å². The molecule has 11 heteroatoms. The fraction of sp³-hybridized carbons (Fsp3) is 0.370. The summed E-state index contributed by atoms with van der Waals surface area (Å²) in [6, 6.07) is 8.85. The molecule has 0 atom stereocenters. The van der Waals surface area contributed by atoms with Gasteiger partial charge in [-0.1, -0.05) is 13.8 Å². The van der Waals surface area contributed by atoms with Crippen molar-refractivity contribution in [2.45, 2.75) is 45.2 Å². The number of aromatic nitrogens is 2. The van der Waals surface area contributed by atoms with Crippen LogP contribution < -0.4 is 4.31 Å². The second kappa shape index (κ2) is 9.44. The molecule has 2 aromatic carbocycles. The molecule has 5 rings (SSSR count). The molecule has 0 unspecified atom stereocenters. The summed E-state index contributed by atoms with van der Waals surface area (Å²) in [6.07, 6.45) is -0.358. The molecule has 1 N–H and O–H groups in total. The Morgan fingerprint density at radius 2 is 1.84 bits per heavy atom. The highest BCUT2D eigenvalue weighted by molar-refractivity contribution is 7.92. The molecule has 0 spiro atoms. The fourth-order valence-electron chi connectivity index (χ4n) is 4.56. The number of H-pyrrole nitrogens is 1. The quantitative estimate of drug-likeness (QED) is 0.233. The van der Waals surface area contributed by atoms with Gasteiger partial charge in [-0.05, 0) is 67.0 Å². The summed E-state index contributed by atoms with van der Waals surface area (Å²) in [5.74, 6) is 0.0715. The van der Waals surface area contributed by atoms with Crippen molar-refractivity contribution in [3.8, 4) is 22.7 Å². The van der Waals surface area contributed by atoms with Crippen molar-refractivity contribution >= 4 is 26.7 Å². The number of imidazole rings is 1. The summed E-state index contributed by atoms with van der Waals surface area (Å²) in [5.41, 5.74) is 1.32. The van der Waals surface area contributed by atoms with Gasteiger partial charge in [0.15, 0.2) is 0 Å². The highest BCUT2D eigenvalue weighted by Gasteiger charge is 2.35. The minimum Gasteiger partial charge on any atom is -0.455 e. The van der Waals surface area contributed by atoms with E-state index in [1.54, 1.807) is 12.1 Å². The minimum atomic E-state index is -4.63. The minimum absolute atomic E-state index is 0.0512. The summed E-state index contributed by atoms with van der Waals surface area (Å²) >= 11 is 0. The number of fused-ring (bicyclic) bond motifs is 1. The van der Waals surface area contributed by atoms with Crippen LogP contribution in [0.2, 0.25) is 0 Å². The van der Waals surface area contributed by atoms with Crippen molar-refractivity contribution in [2.24, 2.45) is 5.92 Å². The zero-order valence-corrected chi connectivity index (χ0v) is 21.9. The number of aromatic amines is 1. The number of sulfonamides is 1. The first kappa shape index (κ1) is 26.3. The molecule has 0 aliphatic heterocycles. The fourth-order valence-corrected chi connectivity index (χ4v) is 5.51. The van der Waals surface area contributed by atoms with Gasteiger partial charge in [0, 0.05) is 23.6 Å². The lowest BCUT2D eigenvalue weighted by atomic mass is 10.00. The van der Waals surface area contributed by atoms with Crippen molar-refractivity contribution in [3.63, 3.8) is 0 Å². The summed E-state index contributed by atoms with van der Waals surface area (Å²) < 4.78 is 87.1. The molecule has 6 nitrogen and oxygen atoms in total. The predicted octanol–water partition coefficient (Wildman–Crippen LogP) is 7.34. The summed E-state index contributed by atoms with van der Waals surface area (Å²) in [4.78, 5) is 6.35. The van der Waals surface area contributed by atoms with E-state index in [0.717, 1.165) is 30.9 Å². The zero-order valence-electron chi connectivity index (χ0n) is 21.1. The Morgan fingerprint density at radius 1 is 1.16 bits per heavy atom. The van der Waals surface area contributed by atoms with E-state index in [4.69, 9.17) is 4.42 Å². The maximum atomic E-state index is 13.7. The van der Waals surface area contributed by atoms with Crippen molar-refractivity contribution in [1.29, 1.82) is 0 Å². The molecule has 38 heavy (non-hydrogen) atoms. The van der Waals surface area contributed by atoms with Crippen LogP contribution in [0.1, 0.15) is 50.3 Å². The van der Waals surface area contributed by atoms with E-state index in [1.807, 2.05) is 13.8 Å². The Balaban J connectivity index is 1.76. The molecule has 2 heterocycles. The molecule has 2 aromatic heterocycles. The SMILES string of the molecule is CC(C)CCN(c1cc2oc(-c3ccc(F)cc3)c(-c3ncc(C(F)(F)F)[nH]3)c2cc1C1CC1)S(C)(=O)=O. The lowest BCUT2D eigenvalue weighted by Gasteiger charge is -2.26. The van der Waals surface area contributed by atoms with Gasteiger partial charge < -0.3 is 9.40 Å². The van der Waals surface area contributed by atoms with Crippen LogP contribution in [0, 0.1) is 11.7 Å². The highest BCUT2D eigenvalue weighted by Crippen LogP contribution is 2.49. The van der Waals surface area contributed by atoms with Crippen molar-refractivity contribution in [2.75, 3.05) is 17.1 Å². The van der Waals surface area contributed by atoms with E-state index in [-0.39, 0.29) is 30.0 Å². The number of hydrogen-bond acceptors (Lipinski definition) is 4. The second-order valence-corrected chi connectivity index (χ2v) is 12.1. The molecule has 0 radical (unpaired) electrons. The van der Waals surface area contributed by atoms with Crippen LogP contribution in [0.5, 0.6) is 0 Å². The average molecular weight is 550 g/mol. The Hall–Kier alpha value is -3.34. The number of alkyl halides is 3. The molecular weight excluding hydrogens is 522 g/mol. The number of benzene rings is 2. The first-order valence-electron chi connectivity index (χ1n) is 12.3. The van der Waals surface area contributed by atoms with E-state index in [9.17, 15) is 26.0 Å². The van der Waals surface area contributed by atoms with Crippen LogP contribution in [-0.4, -0.2) is 31.2 Å². The van der Waals surface area contributed by atoms with Crippen LogP contribution >= 0.6 is 0 Å². The van der Waals surface area contributed by atoms with E-state index >= 15 is 0 Å². The number of rotatable bonds is 8. The standard InChI is InChI=1S/C27H27F4N3O3S/c1-15(2)10-11-34(38(3,35)36)21-13-22-20(12-19(21)16-4-5-16)24(26-32-14-23(33-26)27(29,30)31)25(37-22)17-6-8-18(28)9-7-17/h6-9,12-16H,4-5,10-11H2,1-3H3,(H,32,33). The normalized spacial score (nSPS) is 14.5. The molecule has 1 saturated carbocycles. The van der Waals surface area contributed by atoms with Gasteiger partial charge in [-0.3, -0.25) is 4.31 Å². The first-order valence-corrected chi connectivity index (χ1v) is 14.1. The maximum Gasteiger partial charge on any atom is 0.432 e. The number of halogens is 4. The highest BCUT2D eigenvalue weighted by atomic mass is 32.2. The molecule has 0 bridgehead atoms. The Labute approximate surface area is 217 Å². The molecule has 0 amide bonds. The lowest BCUT2D eigenvalue weighted by molar-refractivity contribution is -0.140. The Kier molecular flexibility index (Phi) is 6.53. The molecule has 1 aliphatic rings. The smallest absolute Gasteiger partial charge is 0.432 e. The van der Waals surface area contributed by atoms with Crippen LogP contribution in [-0.2, 0) is 16.2 Å². The number of hydrogen-bond donors (Lipinski definition) is 1. The Bertz CT molecular complexity index is 1580. The molecule has 1 aliphatic carbocycles. The zero-order chi connectivity index (χ0) is 27.4. The first-order chi connectivity index (χ1) is 17.8. The van der Waals surface area contributed by atoms with Gasteiger partial charge in [0.25, 0.3) is 0 Å². The number of nitrogens with zero attached hydrogens (tertiary/aromatic N) is 2. The number of nitrogens with one attached hydrogen (secondary N) is 1. The molecule has 202 valence electrons. The average Bonchev–Trinajstić information content (AvgIpc) is 3.41. The largest absolute Gasteiger partial charge is 0.455 e. The monoisotopic (exact) mass is 549 g/mol. The second-order valence-electron chi connectivity index (χ2n) is 10.2. The van der Waals surface area contributed by atoms with Crippen LogP contribution in [0.25, 0.3) is 33.7 Å². The third-order valence-electron chi connectivity index (χ3n) is 6.66. The summed E-state index contributed by atoms with van der Waals surface area (Å²) in [6.45, 7) is 4.31. The van der Waals surface area contributed by atoms with Gasteiger partial charge in [-0.2, -0.15) is 13.2 Å². The predicted molar refractivity (Wildman–Crippen MR) is 138 cm³/mol.